The second kappa shape index (κ2) is 31.0. The van der Waals surface area contributed by atoms with Crippen molar-refractivity contribution in [2.24, 2.45) is 5.92 Å². The van der Waals surface area contributed by atoms with Gasteiger partial charge in [0.05, 0.1) is 11.9 Å². The van der Waals surface area contributed by atoms with Crippen LogP contribution >= 0.6 is 0 Å². The van der Waals surface area contributed by atoms with Gasteiger partial charge in [0.2, 0.25) is 0 Å². The van der Waals surface area contributed by atoms with E-state index in [1.54, 1.807) is 0 Å². The van der Waals surface area contributed by atoms with Crippen LogP contribution < -0.4 is 5.11 Å². The third-order valence-electron chi connectivity index (χ3n) is 8.63. The summed E-state index contributed by atoms with van der Waals surface area (Å²) in [6, 6.07) is 0. The van der Waals surface area contributed by atoms with Crippen molar-refractivity contribution in [3.63, 3.8) is 0 Å². The summed E-state index contributed by atoms with van der Waals surface area (Å²) < 4.78 is 0. The molecular formula is C36H69O4-. The first-order chi connectivity index (χ1) is 19.5. The molecule has 0 spiro atoms. The molecule has 238 valence electrons. The summed E-state index contributed by atoms with van der Waals surface area (Å²) in [4.78, 5) is 24.1. The Morgan fingerprint density at radius 3 is 0.975 bits per heavy atom. The van der Waals surface area contributed by atoms with Crippen molar-refractivity contribution in [3.8, 4) is 0 Å². The zero-order chi connectivity index (χ0) is 29.5. The molecule has 0 aromatic rings. The molecule has 40 heavy (non-hydrogen) atoms. The quantitative estimate of drug-likeness (QED) is 0.0634. The Morgan fingerprint density at radius 2 is 0.700 bits per heavy atom. The van der Waals surface area contributed by atoms with E-state index in [4.69, 9.17) is 0 Å². The first-order valence-electron chi connectivity index (χ1n) is 18.0. The van der Waals surface area contributed by atoms with Gasteiger partial charge in [-0.1, -0.05) is 194 Å². The van der Waals surface area contributed by atoms with Crippen LogP contribution in [0.4, 0.5) is 0 Å². The van der Waals surface area contributed by atoms with Crippen molar-refractivity contribution in [2.45, 2.75) is 213 Å². The number of Topliss-reactive ketones (excluding diaryl/α,β-unsaturated/α-hetero) is 1. The molecule has 2 unspecified atom stereocenters. The number of carbonyl (C=O) groups excluding carboxylic acids is 2. The van der Waals surface area contributed by atoms with Gasteiger partial charge >= 0.3 is 0 Å². The number of carboxylic acids is 1. The van der Waals surface area contributed by atoms with Crippen LogP contribution in [0.25, 0.3) is 0 Å². The number of hydrogen-bond acceptors (Lipinski definition) is 4. The summed E-state index contributed by atoms with van der Waals surface area (Å²) >= 11 is 0. The fourth-order valence-electron chi connectivity index (χ4n) is 5.83. The largest absolute Gasteiger partial charge is 0.549 e. The van der Waals surface area contributed by atoms with Crippen molar-refractivity contribution in [2.75, 3.05) is 0 Å². The predicted molar refractivity (Wildman–Crippen MR) is 169 cm³/mol. The lowest BCUT2D eigenvalue weighted by Gasteiger charge is -2.20. The van der Waals surface area contributed by atoms with E-state index >= 15 is 0 Å². The molecule has 0 saturated carbocycles. The summed E-state index contributed by atoms with van der Waals surface area (Å²) in [6.07, 6.45) is 34.5. The summed E-state index contributed by atoms with van der Waals surface area (Å²) in [7, 11) is 0. The minimum atomic E-state index is -1.32. The van der Waals surface area contributed by atoms with E-state index in [2.05, 4.69) is 13.8 Å². The summed E-state index contributed by atoms with van der Waals surface area (Å²) in [6.45, 7) is 4.52. The Balaban J connectivity index is 3.68. The molecule has 0 aliphatic rings. The average molecular weight is 566 g/mol. The molecule has 0 radical (unpaired) electrons. The highest BCUT2D eigenvalue weighted by Crippen LogP contribution is 2.19. The summed E-state index contributed by atoms with van der Waals surface area (Å²) in [5.41, 5.74) is 0. The molecule has 0 fully saturated rings. The molecule has 0 aliphatic heterocycles. The van der Waals surface area contributed by atoms with E-state index in [0.29, 0.717) is 19.3 Å². The first-order valence-corrected chi connectivity index (χ1v) is 18.0. The van der Waals surface area contributed by atoms with Gasteiger partial charge in [-0.2, -0.15) is 0 Å². The van der Waals surface area contributed by atoms with Gasteiger partial charge in [-0.05, 0) is 12.8 Å². The third-order valence-corrected chi connectivity index (χ3v) is 8.63. The number of aliphatic carboxylic acids is 1. The van der Waals surface area contributed by atoms with Gasteiger partial charge in [0, 0.05) is 0 Å². The smallest absolute Gasteiger partial charge is 0.169 e. The second-order valence-corrected chi connectivity index (χ2v) is 12.6. The van der Waals surface area contributed by atoms with Crippen LogP contribution in [-0.4, -0.2) is 23.0 Å². The lowest BCUT2D eigenvalue weighted by Crippen LogP contribution is -2.41. The van der Waals surface area contributed by atoms with Crippen LogP contribution in [0.15, 0.2) is 0 Å². The first kappa shape index (κ1) is 39.1. The maximum absolute atomic E-state index is 12.5. The Labute approximate surface area is 249 Å². The van der Waals surface area contributed by atoms with Crippen LogP contribution in [-0.2, 0) is 9.59 Å². The fraction of sp³-hybridized carbons (Fsp3) is 0.944. The summed E-state index contributed by atoms with van der Waals surface area (Å²) in [5, 5.41) is 21.9. The second-order valence-electron chi connectivity index (χ2n) is 12.6. The molecule has 0 rings (SSSR count). The molecule has 0 aliphatic carbocycles. The molecule has 1 N–H and O–H groups in total. The summed E-state index contributed by atoms with van der Waals surface area (Å²) in [5.74, 6) is -3.01. The number of hydrogen-bond donors (Lipinski definition) is 1. The van der Waals surface area contributed by atoms with Gasteiger partial charge in [-0.15, -0.1) is 0 Å². The molecule has 2 atom stereocenters. The van der Waals surface area contributed by atoms with Gasteiger partial charge in [-0.25, -0.2) is 0 Å². The Morgan fingerprint density at radius 1 is 0.450 bits per heavy atom. The van der Waals surface area contributed by atoms with Gasteiger partial charge in [0.25, 0.3) is 0 Å². The van der Waals surface area contributed by atoms with Crippen LogP contribution in [0.3, 0.4) is 0 Å². The highest BCUT2D eigenvalue weighted by atomic mass is 16.4. The molecule has 0 bridgehead atoms. The third kappa shape index (κ3) is 26.0. The normalized spacial score (nSPS) is 13.0. The maximum Gasteiger partial charge on any atom is 0.169 e. The Hall–Kier alpha value is -0.900. The van der Waals surface area contributed by atoms with Crippen molar-refractivity contribution in [3.05, 3.63) is 0 Å². The van der Waals surface area contributed by atoms with Crippen LogP contribution in [0.5, 0.6) is 0 Å². The molecule has 0 saturated heterocycles. The van der Waals surface area contributed by atoms with Crippen LogP contribution in [0.2, 0.25) is 0 Å². The van der Waals surface area contributed by atoms with E-state index in [9.17, 15) is 19.8 Å². The highest BCUT2D eigenvalue weighted by Gasteiger charge is 2.25. The van der Waals surface area contributed by atoms with Gasteiger partial charge < -0.3 is 15.0 Å². The molecule has 0 aromatic heterocycles. The highest BCUT2D eigenvalue weighted by molar-refractivity contribution is 5.99. The minimum Gasteiger partial charge on any atom is -0.549 e. The zero-order valence-electron chi connectivity index (χ0n) is 27.0. The number of aliphatic hydroxyl groups is 1. The molecule has 0 aromatic carbocycles. The Bertz CT molecular complexity index is 547. The fourth-order valence-corrected chi connectivity index (χ4v) is 5.83. The van der Waals surface area contributed by atoms with E-state index in [1.807, 2.05) is 0 Å². The standard InChI is InChI=1S/C36H70O4/c1-3-5-7-9-11-13-15-17-19-21-23-25-27-29-31-33(36(39)40)35(38)34(37)32-30-28-26-24-22-20-18-16-14-12-10-8-6-4-2/h33-34,37H,3-32H2,1-2H3,(H,39,40)/p-1. The van der Waals surface area contributed by atoms with Crippen molar-refractivity contribution in [1.29, 1.82) is 0 Å². The van der Waals surface area contributed by atoms with E-state index in [1.165, 1.54) is 141 Å². The number of ketones is 1. The van der Waals surface area contributed by atoms with E-state index in [0.717, 1.165) is 32.1 Å². The maximum atomic E-state index is 12.5. The van der Waals surface area contributed by atoms with Gasteiger partial charge in [-0.3, -0.25) is 4.79 Å². The molecule has 0 amide bonds. The van der Waals surface area contributed by atoms with Gasteiger partial charge in [0.1, 0.15) is 6.10 Å². The Kier molecular flexibility index (Phi) is 30.3. The SMILES string of the molecule is CCCCCCCCCCCCCCCCC(O)C(=O)C(CCCCCCCCCCCCCCCC)C(=O)[O-]. The van der Waals surface area contributed by atoms with E-state index < -0.39 is 23.8 Å². The van der Waals surface area contributed by atoms with E-state index in [-0.39, 0.29) is 0 Å². The molecule has 4 heteroatoms. The molecule has 4 nitrogen and oxygen atoms in total. The van der Waals surface area contributed by atoms with Gasteiger partial charge in [0.15, 0.2) is 5.78 Å². The monoisotopic (exact) mass is 566 g/mol. The van der Waals surface area contributed by atoms with Crippen LogP contribution in [0.1, 0.15) is 206 Å². The lowest BCUT2D eigenvalue weighted by atomic mass is 9.91. The number of carboxylic acid groups (broad SMARTS) is 1. The molecular weight excluding hydrogens is 496 g/mol. The van der Waals surface area contributed by atoms with Crippen molar-refractivity contribution >= 4 is 11.8 Å². The predicted octanol–water partition coefficient (Wildman–Crippen LogP) is 10.0. The van der Waals surface area contributed by atoms with Crippen molar-refractivity contribution in [1.82, 2.24) is 0 Å². The minimum absolute atomic E-state index is 0.301. The number of rotatable bonds is 33. The number of carbonyl (C=O) groups is 2. The molecule has 0 heterocycles. The lowest BCUT2D eigenvalue weighted by molar-refractivity contribution is -0.310. The number of unbranched alkanes of at least 4 members (excludes halogenated alkanes) is 26. The zero-order valence-corrected chi connectivity index (χ0v) is 27.0. The number of aliphatic hydroxyl groups excluding tert-OH is 1. The topological polar surface area (TPSA) is 77.4 Å². The average Bonchev–Trinajstić information content (AvgIpc) is 2.94. The van der Waals surface area contributed by atoms with Crippen LogP contribution in [0, 0.1) is 5.92 Å². The van der Waals surface area contributed by atoms with Crippen molar-refractivity contribution < 1.29 is 19.8 Å².